The Labute approximate surface area is 117 Å². The Morgan fingerprint density at radius 3 is 2.74 bits per heavy atom. The number of halogens is 1. The van der Waals surface area contributed by atoms with Gasteiger partial charge in [0, 0.05) is 12.6 Å². The molecule has 2 rings (SSSR count). The highest BCUT2D eigenvalue weighted by atomic mass is 35.5. The SMILES string of the molecule is N#Cc1c(Cl)cccc1S(=O)(=O)NC(CN)C1CC1. The van der Waals surface area contributed by atoms with Crippen molar-refractivity contribution < 1.29 is 8.42 Å². The van der Waals surface area contributed by atoms with E-state index >= 15 is 0 Å². The molecule has 0 bridgehead atoms. The lowest BCUT2D eigenvalue weighted by molar-refractivity contribution is 0.519. The fraction of sp³-hybridized carbons (Fsp3) is 0.417. The van der Waals surface area contributed by atoms with Gasteiger partial charge in [0.15, 0.2) is 0 Å². The van der Waals surface area contributed by atoms with Crippen molar-refractivity contribution in [1.29, 1.82) is 5.26 Å². The Morgan fingerprint density at radius 2 is 2.21 bits per heavy atom. The van der Waals surface area contributed by atoms with E-state index in [1.807, 2.05) is 6.07 Å². The third kappa shape index (κ3) is 3.07. The summed E-state index contributed by atoms with van der Waals surface area (Å²) in [6.07, 6.45) is 1.95. The summed E-state index contributed by atoms with van der Waals surface area (Å²) in [5.74, 6) is 0.296. The minimum Gasteiger partial charge on any atom is -0.329 e. The first-order chi connectivity index (χ1) is 8.99. The summed E-state index contributed by atoms with van der Waals surface area (Å²) in [5, 5.41) is 9.15. The topological polar surface area (TPSA) is 96.0 Å². The highest BCUT2D eigenvalue weighted by molar-refractivity contribution is 7.89. The summed E-state index contributed by atoms with van der Waals surface area (Å²) in [6, 6.07) is 5.90. The lowest BCUT2D eigenvalue weighted by Gasteiger charge is -2.17. The molecule has 102 valence electrons. The molecule has 3 N–H and O–H groups in total. The second kappa shape index (κ2) is 5.47. The molecule has 1 aliphatic carbocycles. The van der Waals surface area contributed by atoms with Gasteiger partial charge in [-0.05, 0) is 30.9 Å². The van der Waals surface area contributed by atoms with E-state index in [1.54, 1.807) is 0 Å². The summed E-state index contributed by atoms with van der Waals surface area (Å²) >= 11 is 5.84. The van der Waals surface area contributed by atoms with Crippen LogP contribution in [-0.4, -0.2) is 21.0 Å². The molecule has 0 heterocycles. The van der Waals surface area contributed by atoms with Crippen molar-refractivity contribution >= 4 is 21.6 Å². The van der Waals surface area contributed by atoms with Gasteiger partial charge in [-0.15, -0.1) is 0 Å². The highest BCUT2D eigenvalue weighted by Crippen LogP contribution is 2.33. The normalized spacial score (nSPS) is 16.9. The monoisotopic (exact) mass is 299 g/mol. The van der Waals surface area contributed by atoms with Gasteiger partial charge in [-0.25, -0.2) is 13.1 Å². The molecular formula is C12H14ClN3O2S. The summed E-state index contributed by atoms with van der Waals surface area (Å²) in [7, 11) is -3.78. The van der Waals surface area contributed by atoms with Crippen LogP contribution in [-0.2, 0) is 10.0 Å². The average molecular weight is 300 g/mol. The van der Waals surface area contributed by atoms with Crippen LogP contribution >= 0.6 is 11.6 Å². The molecule has 19 heavy (non-hydrogen) atoms. The fourth-order valence-corrected chi connectivity index (χ4v) is 3.70. The third-order valence-electron chi connectivity index (χ3n) is 3.13. The number of rotatable bonds is 5. The Kier molecular flexibility index (Phi) is 4.11. The van der Waals surface area contributed by atoms with Gasteiger partial charge in [-0.2, -0.15) is 5.26 Å². The molecular weight excluding hydrogens is 286 g/mol. The quantitative estimate of drug-likeness (QED) is 0.854. The largest absolute Gasteiger partial charge is 0.329 e. The molecule has 0 radical (unpaired) electrons. The van der Waals surface area contributed by atoms with Gasteiger partial charge >= 0.3 is 0 Å². The van der Waals surface area contributed by atoms with Crippen LogP contribution in [0.3, 0.4) is 0 Å². The standard InChI is InChI=1S/C12H14ClN3O2S/c13-10-2-1-3-12(9(10)6-14)19(17,18)16-11(7-15)8-4-5-8/h1-3,8,11,16H,4-5,7,15H2. The zero-order valence-corrected chi connectivity index (χ0v) is 11.7. The summed E-state index contributed by atoms with van der Waals surface area (Å²) in [4.78, 5) is -0.0957. The Hall–Kier alpha value is -1.13. The van der Waals surface area contributed by atoms with E-state index in [0.717, 1.165) is 12.8 Å². The number of benzene rings is 1. The number of sulfonamides is 1. The molecule has 0 aliphatic heterocycles. The van der Waals surface area contributed by atoms with E-state index in [1.165, 1.54) is 18.2 Å². The van der Waals surface area contributed by atoms with Gasteiger partial charge in [-0.1, -0.05) is 17.7 Å². The van der Waals surface area contributed by atoms with Crippen molar-refractivity contribution in [2.24, 2.45) is 11.7 Å². The maximum Gasteiger partial charge on any atom is 0.242 e. The fourth-order valence-electron chi connectivity index (χ4n) is 1.93. The van der Waals surface area contributed by atoms with Crippen LogP contribution in [0, 0.1) is 17.2 Å². The average Bonchev–Trinajstić information content (AvgIpc) is 3.20. The first-order valence-corrected chi connectivity index (χ1v) is 7.76. The second-order valence-electron chi connectivity index (χ2n) is 4.53. The van der Waals surface area contributed by atoms with Gasteiger partial charge in [0.1, 0.15) is 11.0 Å². The van der Waals surface area contributed by atoms with Crippen molar-refractivity contribution in [1.82, 2.24) is 4.72 Å². The summed E-state index contributed by atoms with van der Waals surface area (Å²) in [5.41, 5.74) is 5.54. The first kappa shape index (κ1) is 14.3. The predicted molar refractivity (Wildman–Crippen MR) is 72.1 cm³/mol. The maximum absolute atomic E-state index is 12.3. The lowest BCUT2D eigenvalue weighted by atomic mass is 10.2. The van der Waals surface area contributed by atoms with Crippen LogP contribution in [0.25, 0.3) is 0 Å². The van der Waals surface area contributed by atoms with Crippen molar-refractivity contribution in [2.75, 3.05) is 6.54 Å². The van der Waals surface area contributed by atoms with Crippen molar-refractivity contribution in [3.63, 3.8) is 0 Å². The van der Waals surface area contributed by atoms with E-state index < -0.39 is 10.0 Å². The molecule has 0 amide bonds. The number of hydrogen-bond acceptors (Lipinski definition) is 4. The predicted octanol–water partition coefficient (Wildman–Crippen LogP) is 1.23. The molecule has 1 aromatic carbocycles. The van der Waals surface area contributed by atoms with E-state index in [-0.39, 0.29) is 28.1 Å². The molecule has 5 nitrogen and oxygen atoms in total. The molecule has 0 aromatic heterocycles. The highest BCUT2D eigenvalue weighted by Gasteiger charge is 2.34. The number of nitrogens with one attached hydrogen (secondary N) is 1. The maximum atomic E-state index is 12.3. The van der Waals surface area contributed by atoms with Gasteiger partial charge in [0.05, 0.1) is 10.6 Å². The zero-order valence-electron chi connectivity index (χ0n) is 10.1. The van der Waals surface area contributed by atoms with Crippen LogP contribution < -0.4 is 10.5 Å². The van der Waals surface area contributed by atoms with Crippen LogP contribution in [0.4, 0.5) is 0 Å². The number of nitriles is 1. The second-order valence-corrected chi connectivity index (χ2v) is 6.62. The van der Waals surface area contributed by atoms with Crippen LogP contribution in [0.5, 0.6) is 0 Å². The smallest absolute Gasteiger partial charge is 0.242 e. The first-order valence-electron chi connectivity index (χ1n) is 5.90. The number of nitrogens with zero attached hydrogens (tertiary/aromatic N) is 1. The Balaban J connectivity index is 2.34. The molecule has 1 unspecified atom stereocenters. The molecule has 1 aromatic rings. The van der Waals surface area contributed by atoms with E-state index in [4.69, 9.17) is 22.6 Å². The van der Waals surface area contributed by atoms with Gasteiger partial charge in [0.2, 0.25) is 10.0 Å². The molecule has 1 aliphatic rings. The number of hydrogen-bond donors (Lipinski definition) is 2. The van der Waals surface area contributed by atoms with Gasteiger partial charge < -0.3 is 5.73 Å². The molecule has 7 heteroatoms. The number of nitrogens with two attached hydrogens (primary N) is 1. The van der Waals surface area contributed by atoms with Crippen molar-refractivity contribution in [3.8, 4) is 6.07 Å². The van der Waals surface area contributed by atoms with Crippen LogP contribution in [0.1, 0.15) is 18.4 Å². The summed E-state index contributed by atoms with van der Waals surface area (Å²) in [6.45, 7) is 0.242. The third-order valence-corrected chi connectivity index (χ3v) is 4.98. The van der Waals surface area contributed by atoms with Crippen LogP contribution in [0.2, 0.25) is 5.02 Å². The van der Waals surface area contributed by atoms with E-state index in [9.17, 15) is 8.42 Å². The molecule has 0 saturated heterocycles. The molecule has 1 fully saturated rings. The molecule has 1 atom stereocenters. The lowest BCUT2D eigenvalue weighted by Crippen LogP contribution is -2.41. The van der Waals surface area contributed by atoms with E-state index in [0.29, 0.717) is 5.92 Å². The Bertz CT molecular complexity index is 620. The van der Waals surface area contributed by atoms with Gasteiger partial charge in [0.25, 0.3) is 0 Å². The summed E-state index contributed by atoms with van der Waals surface area (Å²) < 4.78 is 27.1. The minimum absolute atomic E-state index is 0.0387. The minimum atomic E-state index is -3.78. The van der Waals surface area contributed by atoms with Gasteiger partial charge in [-0.3, -0.25) is 0 Å². The van der Waals surface area contributed by atoms with Crippen molar-refractivity contribution in [3.05, 3.63) is 28.8 Å². The van der Waals surface area contributed by atoms with Crippen molar-refractivity contribution in [2.45, 2.75) is 23.8 Å². The van der Waals surface area contributed by atoms with E-state index in [2.05, 4.69) is 4.72 Å². The zero-order chi connectivity index (χ0) is 14.0. The molecule has 1 saturated carbocycles. The van der Waals surface area contributed by atoms with Crippen LogP contribution in [0.15, 0.2) is 23.1 Å². The molecule has 0 spiro atoms. The Morgan fingerprint density at radius 1 is 1.53 bits per heavy atom.